The van der Waals surface area contributed by atoms with Gasteiger partial charge in [-0.2, -0.15) is 0 Å². The maximum atomic E-state index is 13.1. The number of nitrogens with zero attached hydrogens (tertiary/aromatic N) is 2. The van der Waals surface area contributed by atoms with Crippen LogP contribution in [0.1, 0.15) is 27.0 Å². The van der Waals surface area contributed by atoms with Gasteiger partial charge in [0.1, 0.15) is 6.04 Å². The summed E-state index contributed by atoms with van der Waals surface area (Å²) < 4.78 is 0. The second-order valence-corrected chi connectivity index (χ2v) is 8.51. The third-order valence-corrected chi connectivity index (χ3v) is 5.67. The molecule has 9 heteroatoms. The number of hydrogen-bond donors (Lipinski definition) is 3. The van der Waals surface area contributed by atoms with Gasteiger partial charge < -0.3 is 10.2 Å². The summed E-state index contributed by atoms with van der Waals surface area (Å²) in [5.74, 6) is -0.847. The smallest absolute Gasteiger partial charge is 0.269 e. The molecule has 3 aromatic rings. The predicted octanol–water partition coefficient (Wildman–Crippen LogP) is 3.76. The van der Waals surface area contributed by atoms with Gasteiger partial charge in [0.25, 0.3) is 17.5 Å². The van der Waals surface area contributed by atoms with Crippen LogP contribution >= 0.6 is 0 Å². The number of nitrogens with one attached hydrogen (secondary N) is 3. The zero-order valence-electron chi connectivity index (χ0n) is 20.2. The highest BCUT2D eigenvalue weighted by Crippen LogP contribution is 2.16. The highest BCUT2D eigenvalue weighted by molar-refractivity contribution is 5.98. The van der Waals surface area contributed by atoms with Crippen LogP contribution in [-0.2, 0) is 11.2 Å². The Kier molecular flexibility index (Phi) is 8.04. The number of rotatable bonds is 9. The Hall–Kier alpha value is -4.40. The van der Waals surface area contributed by atoms with Crippen molar-refractivity contribution in [1.29, 1.82) is 0 Å². The first-order valence-corrected chi connectivity index (χ1v) is 11.1. The standard InChI is InChI=1S/C26H29N5O4/c1-17-8-11-21(14-18(17)2)28-29-26(33)24(15-19-9-12-22(13-10-19)31(34)35)27-25(32)20-6-5-7-23(16-20)30(3)4/h5-14,16,24,28H,15H2,1-4H3,(H,27,32)(H,29,33)/t24-/m0/s1. The maximum Gasteiger partial charge on any atom is 0.269 e. The second kappa shape index (κ2) is 11.1. The molecule has 2 amide bonds. The summed E-state index contributed by atoms with van der Waals surface area (Å²) in [4.78, 5) is 38.4. The minimum absolute atomic E-state index is 0.0457. The fraction of sp³-hybridized carbons (Fsp3) is 0.231. The van der Waals surface area contributed by atoms with E-state index in [4.69, 9.17) is 0 Å². The van der Waals surface area contributed by atoms with Crippen LogP contribution in [0.25, 0.3) is 0 Å². The van der Waals surface area contributed by atoms with Gasteiger partial charge in [0.05, 0.1) is 10.6 Å². The minimum atomic E-state index is -0.925. The highest BCUT2D eigenvalue weighted by Gasteiger charge is 2.23. The number of anilines is 2. The molecule has 0 radical (unpaired) electrons. The zero-order chi connectivity index (χ0) is 25.5. The fourth-order valence-corrected chi connectivity index (χ4v) is 3.41. The van der Waals surface area contributed by atoms with Gasteiger partial charge in [-0.25, -0.2) is 0 Å². The summed E-state index contributed by atoms with van der Waals surface area (Å²) in [5.41, 5.74) is 10.4. The van der Waals surface area contributed by atoms with E-state index in [1.807, 2.05) is 57.1 Å². The number of carbonyl (C=O) groups excluding carboxylic acids is 2. The molecule has 0 saturated heterocycles. The maximum absolute atomic E-state index is 13.1. The van der Waals surface area contributed by atoms with Gasteiger partial charge in [0.2, 0.25) is 0 Å². The molecule has 1 atom stereocenters. The van der Waals surface area contributed by atoms with E-state index in [-0.39, 0.29) is 12.1 Å². The van der Waals surface area contributed by atoms with Gasteiger partial charge in [-0.1, -0.05) is 24.3 Å². The SMILES string of the molecule is Cc1ccc(NNC(=O)[C@H](Cc2ccc([N+](=O)[O-])cc2)NC(=O)c2cccc(N(C)C)c2)cc1C. The average Bonchev–Trinajstić information content (AvgIpc) is 2.84. The van der Waals surface area contributed by atoms with E-state index < -0.39 is 22.8 Å². The Morgan fingerprint density at radius 1 is 0.971 bits per heavy atom. The van der Waals surface area contributed by atoms with Crippen molar-refractivity contribution in [3.05, 3.63) is 99.1 Å². The summed E-state index contributed by atoms with van der Waals surface area (Å²) in [6, 6.07) is 17.7. The quantitative estimate of drug-likeness (QED) is 0.321. The Morgan fingerprint density at radius 2 is 1.69 bits per heavy atom. The number of non-ortho nitro benzene ring substituents is 1. The molecule has 0 aromatic heterocycles. The number of nitro benzene ring substituents is 1. The second-order valence-electron chi connectivity index (χ2n) is 8.51. The van der Waals surface area contributed by atoms with Gasteiger partial charge in [-0.05, 0) is 60.9 Å². The van der Waals surface area contributed by atoms with Crippen molar-refractivity contribution in [1.82, 2.24) is 10.7 Å². The molecule has 0 fully saturated rings. The highest BCUT2D eigenvalue weighted by atomic mass is 16.6. The molecule has 0 aliphatic heterocycles. The van der Waals surface area contributed by atoms with Crippen LogP contribution in [0.3, 0.4) is 0 Å². The number of hydrogen-bond acceptors (Lipinski definition) is 6. The van der Waals surface area contributed by atoms with Crippen molar-refractivity contribution in [2.45, 2.75) is 26.3 Å². The van der Waals surface area contributed by atoms with Crippen LogP contribution in [0.15, 0.2) is 66.7 Å². The van der Waals surface area contributed by atoms with Crippen molar-refractivity contribution in [2.24, 2.45) is 0 Å². The number of carbonyl (C=O) groups is 2. The van der Waals surface area contributed by atoms with E-state index in [0.717, 1.165) is 16.8 Å². The number of benzene rings is 3. The molecule has 9 nitrogen and oxygen atoms in total. The van der Waals surface area contributed by atoms with Gasteiger partial charge in [-0.15, -0.1) is 0 Å². The lowest BCUT2D eigenvalue weighted by atomic mass is 10.0. The number of aryl methyl sites for hydroxylation is 2. The number of nitro groups is 1. The molecule has 0 spiro atoms. The molecular weight excluding hydrogens is 446 g/mol. The number of amides is 2. The largest absolute Gasteiger partial charge is 0.378 e. The average molecular weight is 476 g/mol. The van der Waals surface area contributed by atoms with Crippen molar-refractivity contribution in [2.75, 3.05) is 24.4 Å². The van der Waals surface area contributed by atoms with Crippen molar-refractivity contribution < 1.29 is 14.5 Å². The lowest BCUT2D eigenvalue weighted by Gasteiger charge is -2.20. The lowest BCUT2D eigenvalue weighted by Crippen LogP contribution is -2.49. The first-order chi connectivity index (χ1) is 16.6. The summed E-state index contributed by atoms with van der Waals surface area (Å²) in [5, 5.41) is 13.8. The molecule has 35 heavy (non-hydrogen) atoms. The summed E-state index contributed by atoms with van der Waals surface area (Å²) in [6.45, 7) is 3.97. The van der Waals surface area contributed by atoms with Crippen LogP contribution in [0, 0.1) is 24.0 Å². The molecule has 3 N–H and O–H groups in total. The van der Waals surface area contributed by atoms with Gasteiger partial charge in [0, 0.05) is 43.9 Å². The Balaban J connectivity index is 1.79. The number of hydrazine groups is 1. The van der Waals surface area contributed by atoms with E-state index in [2.05, 4.69) is 16.2 Å². The first-order valence-electron chi connectivity index (χ1n) is 11.1. The van der Waals surface area contributed by atoms with Gasteiger partial charge in [-0.3, -0.25) is 30.6 Å². The first kappa shape index (κ1) is 25.2. The van der Waals surface area contributed by atoms with E-state index in [1.165, 1.54) is 12.1 Å². The van der Waals surface area contributed by atoms with Crippen LogP contribution in [0.5, 0.6) is 0 Å². The van der Waals surface area contributed by atoms with Crippen LogP contribution in [0.4, 0.5) is 17.1 Å². The predicted molar refractivity (Wildman–Crippen MR) is 137 cm³/mol. The van der Waals surface area contributed by atoms with E-state index in [9.17, 15) is 19.7 Å². The monoisotopic (exact) mass is 475 g/mol. The Labute approximate surface area is 204 Å². The Bertz CT molecular complexity index is 1220. The molecule has 3 rings (SSSR count). The van der Waals surface area contributed by atoms with Crippen molar-refractivity contribution >= 4 is 28.9 Å². The molecule has 0 bridgehead atoms. The van der Waals surface area contributed by atoms with Gasteiger partial charge in [0.15, 0.2) is 0 Å². The van der Waals surface area contributed by atoms with Crippen molar-refractivity contribution in [3.63, 3.8) is 0 Å². The summed E-state index contributed by atoms with van der Waals surface area (Å²) in [6.07, 6.45) is 0.150. The van der Waals surface area contributed by atoms with E-state index >= 15 is 0 Å². The molecule has 3 aromatic carbocycles. The molecule has 0 heterocycles. The summed E-state index contributed by atoms with van der Waals surface area (Å²) in [7, 11) is 3.75. The molecule has 0 saturated carbocycles. The third-order valence-electron chi connectivity index (χ3n) is 5.67. The molecule has 0 aliphatic rings. The topological polar surface area (TPSA) is 117 Å². The summed E-state index contributed by atoms with van der Waals surface area (Å²) >= 11 is 0. The van der Waals surface area contributed by atoms with E-state index in [0.29, 0.717) is 16.8 Å². The van der Waals surface area contributed by atoms with Crippen LogP contribution in [0.2, 0.25) is 0 Å². The van der Waals surface area contributed by atoms with Crippen LogP contribution < -0.4 is 21.1 Å². The molecule has 0 aliphatic carbocycles. The van der Waals surface area contributed by atoms with E-state index in [1.54, 1.807) is 30.3 Å². The molecular formula is C26H29N5O4. The molecule has 0 unspecified atom stereocenters. The normalized spacial score (nSPS) is 11.3. The molecule has 182 valence electrons. The minimum Gasteiger partial charge on any atom is -0.378 e. The lowest BCUT2D eigenvalue weighted by molar-refractivity contribution is -0.384. The zero-order valence-corrected chi connectivity index (χ0v) is 20.2. The fourth-order valence-electron chi connectivity index (χ4n) is 3.41. The van der Waals surface area contributed by atoms with Crippen LogP contribution in [-0.4, -0.2) is 36.9 Å². The van der Waals surface area contributed by atoms with Crippen molar-refractivity contribution in [3.8, 4) is 0 Å². The third kappa shape index (κ3) is 6.80. The Morgan fingerprint density at radius 3 is 2.31 bits per heavy atom. The van der Waals surface area contributed by atoms with Gasteiger partial charge >= 0.3 is 0 Å².